The maximum absolute atomic E-state index is 11.0. The van der Waals surface area contributed by atoms with Crippen molar-refractivity contribution in [3.05, 3.63) is 0 Å². The smallest absolute Gasteiger partial charge is 0.330 e. The zero-order chi connectivity index (χ0) is 11.0. The molecule has 0 saturated carbocycles. The number of nitrogens with two attached hydrogens (primary N) is 2. The van der Waals surface area contributed by atoms with Crippen LogP contribution in [0.1, 0.15) is 26.2 Å². The second-order valence-electron chi connectivity index (χ2n) is 2.87. The third-order valence-electron chi connectivity index (χ3n) is 1.51. The first-order valence-electron chi connectivity index (χ1n) is 4.42. The number of rotatable bonds is 5. The minimum atomic E-state index is -0.763. The van der Waals surface area contributed by atoms with E-state index in [2.05, 4.69) is 9.78 Å². The normalized spacial score (nSPS) is 11.9. The summed E-state index contributed by atoms with van der Waals surface area (Å²) < 4.78 is 0. The molecule has 4 N–H and O–H groups in total. The molecule has 0 aromatic heterocycles. The van der Waals surface area contributed by atoms with Gasteiger partial charge in [0.25, 0.3) is 0 Å². The van der Waals surface area contributed by atoms with Crippen molar-refractivity contribution < 1.29 is 19.4 Å². The maximum atomic E-state index is 11.0. The van der Waals surface area contributed by atoms with Crippen molar-refractivity contribution >= 4 is 11.9 Å². The van der Waals surface area contributed by atoms with Gasteiger partial charge in [0.15, 0.2) is 0 Å². The predicted molar refractivity (Wildman–Crippen MR) is 48.7 cm³/mol. The van der Waals surface area contributed by atoms with E-state index in [4.69, 9.17) is 11.5 Å². The molecule has 0 aromatic rings. The lowest BCUT2D eigenvalue weighted by Gasteiger charge is -2.08. The van der Waals surface area contributed by atoms with Gasteiger partial charge in [-0.05, 0) is 19.4 Å². The van der Waals surface area contributed by atoms with Crippen molar-refractivity contribution in [2.45, 2.75) is 32.2 Å². The Morgan fingerprint density at radius 1 is 1.29 bits per heavy atom. The molecule has 0 heterocycles. The van der Waals surface area contributed by atoms with E-state index in [9.17, 15) is 9.59 Å². The van der Waals surface area contributed by atoms with E-state index in [1.54, 1.807) is 0 Å². The van der Waals surface area contributed by atoms with E-state index in [0.717, 1.165) is 19.8 Å². The van der Waals surface area contributed by atoms with Gasteiger partial charge in [-0.1, -0.05) is 6.42 Å². The van der Waals surface area contributed by atoms with Gasteiger partial charge >= 0.3 is 11.9 Å². The van der Waals surface area contributed by atoms with Gasteiger partial charge in [0.2, 0.25) is 0 Å². The fourth-order valence-electron chi connectivity index (χ4n) is 0.788. The van der Waals surface area contributed by atoms with Crippen LogP contribution in [0, 0.1) is 0 Å². The van der Waals surface area contributed by atoms with Crippen molar-refractivity contribution in [2.75, 3.05) is 6.54 Å². The molecule has 0 aromatic carbocycles. The van der Waals surface area contributed by atoms with Crippen LogP contribution in [0.3, 0.4) is 0 Å². The number of hydrogen-bond donors (Lipinski definition) is 2. The predicted octanol–water partition coefficient (Wildman–Crippen LogP) is -0.536. The van der Waals surface area contributed by atoms with Crippen LogP contribution in [0.4, 0.5) is 0 Å². The average molecular weight is 204 g/mol. The number of hydrogen-bond acceptors (Lipinski definition) is 6. The summed E-state index contributed by atoms with van der Waals surface area (Å²) in [7, 11) is 0. The van der Waals surface area contributed by atoms with Crippen LogP contribution in [0.25, 0.3) is 0 Å². The van der Waals surface area contributed by atoms with Crippen molar-refractivity contribution in [3.8, 4) is 0 Å². The Kier molecular flexibility index (Phi) is 6.69. The van der Waals surface area contributed by atoms with E-state index in [-0.39, 0.29) is 0 Å². The van der Waals surface area contributed by atoms with Gasteiger partial charge in [-0.3, -0.25) is 0 Å². The highest BCUT2D eigenvalue weighted by Crippen LogP contribution is 2.00. The average Bonchev–Trinajstić information content (AvgIpc) is 2.14. The lowest BCUT2D eigenvalue weighted by atomic mass is 10.1. The minimum absolute atomic E-state index is 0.470. The second kappa shape index (κ2) is 7.28. The Balaban J connectivity index is 3.59. The molecule has 14 heavy (non-hydrogen) atoms. The molecule has 0 radical (unpaired) electrons. The molecule has 0 aliphatic rings. The summed E-state index contributed by atoms with van der Waals surface area (Å²) in [5.74, 6) is -1.43. The van der Waals surface area contributed by atoms with E-state index < -0.39 is 18.0 Å². The first-order chi connectivity index (χ1) is 6.57. The fraction of sp³-hybridized carbons (Fsp3) is 0.750. The van der Waals surface area contributed by atoms with Crippen LogP contribution in [0.5, 0.6) is 0 Å². The summed E-state index contributed by atoms with van der Waals surface area (Å²) in [6.07, 6.45) is 2.01. The Labute approximate surface area is 82.5 Å². The highest BCUT2D eigenvalue weighted by molar-refractivity contribution is 5.76. The zero-order valence-electron chi connectivity index (χ0n) is 8.19. The van der Waals surface area contributed by atoms with Crippen LogP contribution in [-0.4, -0.2) is 24.5 Å². The molecule has 6 nitrogen and oxygen atoms in total. The molecule has 0 rings (SSSR count). The lowest BCUT2D eigenvalue weighted by molar-refractivity contribution is -0.258. The van der Waals surface area contributed by atoms with Gasteiger partial charge < -0.3 is 11.5 Å². The van der Waals surface area contributed by atoms with E-state index in [1.165, 1.54) is 0 Å². The van der Waals surface area contributed by atoms with Crippen LogP contribution in [0.2, 0.25) is 0 Å². The van der Waals surface area contributed by atoms with Crippen LogP contribution < -0.4 is 11.5 Å². The van der Waals surface area contributed by atoms with Gasteiger partial charge in [0.1, 0.15) is 6.04 Å². The van der Waals surface area contributed by atoms with E-state index >= 15 is 0 Å². The molecule has 0 bridgehead atoms. The summed E-state index contributed by atoms with van der Waals surface area (Å²) in [5, 5.41) is 0. The van der Waals surface area contributed by atoms with E-state index in [0.29, 0.717) is 13.0 Å². The van der Waals surface area contributed by atoms with Gasteiger partial charge in [-0.2, -0.15) is 0 Å². The molecule has 0 spiro atoms. The molecule has 0 aliphatic heterocycles. The minimum Gasteiger partial charge on any atom is -0.330 e. The number of carbonyl (C=O) groups excluding carboxylic acids is 2. The van der Waals surface area contributed by atoms with Gasteiger partial charge in [0.05, 0.1) is 0 Å². The molecule has 0 saturated heterocycles. The largest absolute Gasteiger partial charge is 0.372 e. The quantitative estimate of drug-likeness (QED) is 0.354. The Bertz CT molecular complexity index is 196. The summed E-state index contributed by atoms with van der Waals surface area (Å²) in [6.45, 7) is 1.69. The second-order valence-corrected chi connectivity index (χ2v) is 2.87. The number of carbonyl (C=O) groups is 2. The Morgan fingerprint density at radius 3 is 2.43 bits per heavy atom. The molecule has 0 amide bonds. The summed E-state index contributed by atoms with van der Waals surface area (Å²) in [6, 6.07) is -0.763. The Morgan fingerprint density at radius 2 is 1.93 bits per heavy atom. The number of unbranched alkanes of at least 4 members (excludes halogenated alkanes) is 1. The highest BCUT2D eigenvalue weighted by atomic mass is 17.2. The summed E-state index contributed by atoms with van der Waals surface area (Å²) >= 11 is 0. The molecule has 82 valence electrons. The van der Waals surface area contributed by atoms with Crippen LogP contribution in [-0.2, 0) is 19.4 Å². The van der Waals surface area contributed by atoms with E-state index in [1.807, 2.05) is 0 Å². The SMILES string of the molecule is CC(=O)OOC(=O)C(N)CCCCN. The molecule has 6 heteroatoms. The van der Waals surface area contributed by atoms with Crippen molar-refractivity contribution in [2.24, 2.45) is 11.5 Å². The van der Waals surface area contributed by atoms with Crippen molar-refractivity contribution in [1.82, 2.24) is 0 Å². The standard InChI is InChI=1S/C8H16N2O4/c1-6(11)13-14-8(12)7(10)4-2-3-5-9/h7H,2-5,9-10H2,1H3. The van der Waals surface area contributed by atoms with Gasteiger partial charge in [-0.15, -0.1) is 0 Å². The lowest BCUT2D eigenvalue weighted by Crippen LogP contribution is -2.32. The fourth-order valence-corrected chi connectivity index (χ4v) is 0.788. The van der Waals surface area contributed by atoms with Crippen molar-refractivity contribution in [3.63, 3.8) is 0 Å². The van der Waals surface area contributed by atoms with Gasteiger partial charge in [0, 0.05) is 6.92 Å². The third kappa shape index (κ3) is 6.38. The topological polar surface area (TPSA) is 105 Å². The molecule has 1 atom stereocenters. The molecule has 1 unspecified atom stereocenters. The zero-order valence-corrected chi connectivity index (χ0v) is 8.19. The van der Waals surface area contributed by atoms with Crippen LogP contribution >= 0.6 is 0 Å². The van der Waals surface area contributed by atoms with Crippen LogP contribution in [0.15, 0.2) is 0 Å². The Hall–Kier alpha value is -1.14. The summed E-state index contributed by atoms with van der Waals surface area (Å²) in [5.41, 5.74) is 10.7. The maximum Gasteiger partial charge on any atom is 0.372 e. The van der Waals surface area contributed by atoms with Crippen molar-refractivity contribution in [1.29, 1.82) is 0 Å². The first kappa shape index (κ1) is 12.9. The summed E-state index contributed by atoms with van der Waals surface area (Å²) in [4.78, 5) is 29.4. The third-order valence-corrected chi connectivity index (χ3v) is 1.51. The molecule has 0 fully saturated rings. The molecule has 0 aliphatic carbocycles. The molecular weight excluding hydrogens is 188 g/mol. The highest BCUT2D eigenvalue weighted by Gasteiger charge is 2.16. The van der Waals surface area contributed by atoms with Gasteiger partial charge in [-0.25, -0.2) is 19.4 Å². The molecular formula is C8H16N2O4. The first-order valence-corrected chi connectivity index (χ1v) is 4.42. The monoisotopic (exact) mass is 204 g/mol.